The van der Waals surface area contributed by atoms with Crippen molar-refractivity contribution in [3.63, 3.8) is 0 Å². The van der Waals surface area contributed by atoms with Crippen molar-refractivity contribution in [3.8, 4) is 0 Å². The number of thiophene rings is 1. The van der Waals surface area contributed by atoms with E-state index in [4.69, 9.17) is 0 Å². The number of nitrogens with one attached hydrogen (secondary N) is 1. The first kappa shape index (κ1) is 12.1. The highest BCUT2D eigenvalue weighted by Crippen LogP contribution is 2.21. The van der Waals surface area contributed by atoms with Gasteiger partial charge in [0, 0.05) is 13.6 Å². The molecule has 1 aromatic rings. The SMILES string of the molecule is CNC(=O)C1CCCCN1C(=O)c1cccs1. The molecule has 5 heteroatoms. The van der Waals surface area contributed by atoms with Crippen LogP contribution in [-0.4, -0.2) is 36.3 Å². The van der Waals surface area contributed by atoms with Crippen molar-refractivity contribution < 1.29 is 9.59 Å². The molecule has 1 saturated heterocycles. The van der Waals surface area contributed by atoms with Gasteiger partial charge in [0.2, 0.25) is 5.91 Å². The Labute approximate surface area is 105 Å². The Hall–Kier alpha value is -1.36. The van der Waals surface area contributed by atoms with E-state index in [1.165, 1.54) is 11.3 Å². The fourth-order valence-electron chi connectivity index (χ4n) is 2.16. The fraction of sp³-hybridized carbons (Fsp3) is 0.500. The average Bonchev–Trinajstić information content (AvgIpc) is 2.91. The molecule has 1 aliphatic rings. The van der Waals surface area contributed by atoms with E-state index < -0.39 is 0 Å². The van der Waals surface area contributed by atoms with Gasteiger partial charge in [-0.3, -0.25) is 9.59 Å². The molecule has 0 radical (unpaired) electrons. The molecule has 0 aliphatic carbocycles. The number of nitrogens with zero attached hydrogens (tertiary/aromatic N) is 1. The number of likely N-dealkylation sites (N-methyl/N-ethyl adjacent to an activating group) is 1. The van der Waals surface area contributed by atoms with Crippen LogP contribution in [0, 0.1) is 0 Å². The summed E-state index contributed by atoms with van der Waals surface area (Å²) in [5.74, 6) is -0.0806. The Morgan fingerprint density at radius 3 is 2.94 bits per heavy atom. The van der Waals surface area contributed by atoms with Gasteiger partial charge in [-0.25, -0.2) is 0 Å². The van der Waals surface area contributed by atoms with E-state index in [1.807, 2.05) is 17.5 Å². The molecule has 2 rings (SSSR count). The maximum Gasteiger partial charge on any atom is 0.264 e. The Bertz CT molecular complexity index is 403. The summed E-state index contributed by atoms with van der Waals surface area (Å²) < 4.78 is 0. The lowest BCUT2D eigenvalue weighted by atomic mass is 10.0. The highest BCUT2D eigenvalue weighted by molar-refractivity contribution is 7.12. The molecule has 0 aromatic carbocycles. The van der Waals surface area contributed by atoms with Gasteiger partial charge in [-0.1, -0.05) is 6.07 Å². The van der Waals surface area contributed by atoms with Crippen molar-refractivity contribution in [2.75, 3.05) is 13.6 Å². The lowest BCUT2D eigenvalue weighted by molar-refractivity contribution is -0.126. The molecule has 1 aromatic heterocycles. The van der Waals surface area contributed by atoms with E-state index >= 15 is 0 Å². The molecule has 17 heavy (non-hydrogen) atoms. The summed E-state index contributed by atoms with van der Waals surface area (Å²) in [5.41, 5.74) is 0. The molecule has 1 atom stereocenters. The Kier molecular flexibility index (Phi) is 3.78. The molecule has 1 aliphatic heterocycles. The average molecular weight is 252 g/mol. The second kappa shape index (κ2) is 5.31. The van der Waals surface area contributed by atoms with Crippen LogP contribution in [0.15, 0.2) is 17.5 Å². The summed E-state index contributed by atoms with van der Waals surface area (Å²) in [6.45, 7) is 0.675. The maximum atomic E-state index is 12.2. The first-order chi connectivity index (χ1) is 8.24. The summed E-state index contributed by atoms with van der Waals surface area (Å²) in [7, 11) is 1.62. The standard InChI is InChI=1S/C12H16N2O2S/c1-13-11(15)9-5-2-3-7-14(9)12(16)10-6-4-8-17-10/h4,6,8-9H,2-3,5,7H2,1H3,(H,13,15). The monoisotopic (exact) mass is 252 g/mol. The predicted molar refractivity (Wildman–Crippen MR) is 67.1 cm³/mol. The molecule has 1 N–H and O–H groups in total. The van der Waals surface area contributed by atoms with Crippen molar-refractivity contribution in [2.24, 2.45) is 0 Å². The second-order valence-electron chi connectivity index (χ2n) is 4.10. The van der Waals surface area contributed by atoms with Crippen LogP contribution < -0.4 is 5.32 Å². The highest BCUT2D eigenvalue weighted by Gasteiger charge is 2.32. The third-order valence-corrected chi connectivity index (χ3v) is 3.90. The normalized spacial score (nSPS) is 20.1. The van der Waals surface area contributed by atoms with E-state index in [2.05, 4.69) is 5.32 Å². The Balaban J connectivity index is 2.16. The van der Waals surface area contributed by atoms with E-state index in [0.29, 0.717) is 11.4 Å². The molecule has 0 spiro atoms. The molecular weight excluding hydrogens is 236 g/mol. The lowest BCUT2D eigenvalue weighted by Crippen LogP contribution is -2.51. The van der Waals surface area contributed by atoms with E-state index in [-0.39, 0.29) is 17.9 Å². The van der Waals surface area contributed by atoms with Crippen molar-refractivity contribution in [1.29, 1.82) is 0 Å². The van der Waals surface area contributed by atoms with Gasteiger partial charge in [0.1, 0.15) is 6.04 Å². The number of likely N-dealkylation sites (tertiary alicyclic amines) is 1. The topological polar surface area (TPSA) is 49.4 Å². The minimum atomic E-state index is -0.302. The number of carbonyl (C=O) groups excluding carboxylic acids is 2. The van der Waals surface area contributed by atoms with Gasteiger partial charge >= 0.3 is 0 Å². The summed E-state index contributed by atoms with van der Waals surface area (Å²) in [6, 6.07) is 3.36. The summed E-state index contributed by atoms with van der Waals surface area (Å²) in [4.78, 5) is 26.4. The lowest BCUT2D eigenvalue weighted by Gasteiger charge is -2.34. The zero-order valence-corrected chi connectivity index (χ0v) is 10.6. The van der Waals surface area contributed by atoms with E-state index in [0.717, 1.165) is 19.3 Å². The van der Waals surface area contributed by atoms with Crippen LogP contribution in [-0.2, 0) is 4.79 Å². The van der Waals surface area contributed by atoms with Crippen molar-refractivity contribution in [1.82, 2.24) is 10.2 Å². The number of amides is 2. The van der Waals surface area contributed by atoms with Crippen molar-refractivity contribution >= 4 is 23.2 Å². The molecule has 4 nitrogen and oxygen atoms in total. The van der Waals surface area contributed by atoms with E-state index in [9.17, 15) is 9.59 Å². The zero-order valence-electron chi connectivity index (χ0n) is 9.81. The highest BCUT2D eigenvalue weighted by atomic mass is 32.1. The third-order valence-electron chi connectivity index (χ3n) is 3.04. The summed E-state index contributed by atoms with van der Waals surface area (Å²) >= 11 is 1.42. The van der Waals surface area contributed by atoms with Gasteiger partial charge in [0.05, 0.1) is 4.88 Å². The Morgan fingerprint density at radius 2 is 2.29 bits per heavy atom. The van der Waals surface area contributed by atoms with Crippen LogP contribution in [0.3, 0.4) is 0 Å². The van der Waals surface area contributed by atoms with Crippen molar-refractivity contribution in [2.45, 2.75) is 25.3 Å². The molecule has 2 amide bonds. The van der Waals surface area contributed by atoms with Crippen LogP contribution in [0.2, 0.25) is 0 Å². The van der Waals surface area contributed by atoms with Gasteiger partial charge in [-0.15, -0.1) is 11.3 Å². The number of hydrogen-bond acceptors (Lipinski definition) is 3. The number of hydrogen-bond donors (Lipinski definition) is 1. The number of piperidine rings is 1. The molecule has 1 fully saturated rings. The fourth-order valence-corrected chi connectivity index (χ4v) is 2.83. The van der Waals surface area contributed by atoms with Crippen LogP contribution in [0.25, 0.3) is 0 Å². The number of carbonyl (C=O) groups is 2. The molecule has 92 valence electrons. The molecule has 0 bridgehead atoms. The smallest absolute Gasteiger partial charge is 0.264 e. The molecule has 2 heterocycles. The predicted octanol–water partition coefficient (Wildman–Crippen LogP) is 1.49. The Morgan fingerprint density at radius 1 is 1.47 bits per heavy atom. The van der Waals surface area contributed by atoms with Gasteiger partial charge in [-0.2, -0.15) is 0 Å². The molecule has 1 unspecified atom stereocenters. The molecular formula is C12H16N2O2S. The first-order valence-electron chi connectivity index (χ1n) is 5.80. The van der Waals surface area contributed by atoms with E-state index in [1.54, 1.807) is 11.9 Å². The largest absolute Gasteiger partial charge is 0.357 e. The third kappa shape index (κ3) is 2.49. The summed E-state index contributed by atoms with van der Waals surface area (Å²) in [5, 5.41) is 4.52. The minimum absolute atomic E-state index is 0.0201. The summed E-state index contributed by atoms with van der Waals surface area (Å²) in [6.07, 6.45) is 2.74. The van der Waals surface area contributed by atoms with Gasteiger partial charge in [0.25, 0.3) is 5.91 Å². The maximum absolute atomic E-state index is 12.2. The van der Waals surface area contributed by atoms with Gasteiger partial charge < -0.3 is 10.2 Å². The van der Waals surface area contributed by atoms with Gasteiger partial charge in [-0.05, 0) is 30.7 Å². The quantitative estimate of drug-likeness (QED) is 0.867. The van der Waals surface area contributed by atoms with Crippen LogP contribution in [0.5, 0.6) is 0 Å². The first-order valence-corrected chi connectivity index (χ1v) is 6.68. The number of rotatable bonds is 2. The van der Waals surface area contributed by atoms with Crippen LogP contribution in [0.1, 0.15) is 28.9 Å². The van der Waals surface area contributed by atoms with Crippen LogP contribution >= 0.6 is 11.3 Å². The van der Waals surface area contributed by atoms with Gasteiger partial charge in [0.15, 0.2) is 0 Å². The second-order valence-corrected chi connectivity index (χ2v) is 5.05. The van der Waals surface area contributed by atoms with Crippen molar-refractivity contribution in [3.05, 3.63) is 22.4 Å². The van der Waals surface area contributed by atoms with Crippen LogP contribution in [0.4, 0.5) is 0 Å². The molecule has 0 saturated carbocycles. The zero-order chi connectivity index (χ0) is 12.3. The minimum Gasteiger partial charge on any atom is -0.357 e.